The van der Waals surface area contributed by atoms with Crippen molar-refractivity contribution >= 4 is 22.4 Å². The van der Waals surface area contributed by atoms with Crippen molar-refractivity contribution in [3.05, 3.63) is 77.6 Å². The first-order chi connectivity index (χ1) is 14.1. The standard InChI is InChI=1S/C21H15F2N3O2S/c22-15-5-1-13(2-6-15)17-12-29-21(25-17)26-19(27)9-10-20-24-11-18(28-20)14-3-7-16(23)8-4-14/h1-8,11-12H,9-10H2,(H,25,26,27). The van der Waals surface area contributed by atoms with Crippen molar-refractivity contribution < 1.29 is 18.0 Å². The molecule has 1 N–H and O–H groups in total. The van der Waals surface area contributed by atoms with E-state index < -0.39 is 0 Å². The largest absolute Gasteiger partial charge is 0.441 e. The Morgan fingerprint density at radius 2 is 1.66 bits per heavy atom. The zero-order valence-electron chi connectivity index (χ0n) is 15.1. The van der Waals surface area contributed by atoms with Crippen LogP contribution >= 0.6 is 11.3 Å². The average Bonchev–Trinajstić information content (AvgIpc) is 3.37. The Balaban J connectivity index is 1.33. The number of anilines is 1. The summed E-state index contributed by atoms with van der Waals surface area (Å²) >= 11 is 1.29. The minimum atomic E-state index is -0.324. The van der Waals surface area contributed by atoms with Crippen molar-refractivity contribution in [1.29, 1.82) is 0 Å². The summed E-state index contributed by atoms with van der Waals surface area (Å²) in [5.74, 6) is 0.0861. The van der Waals surface area contributed by atoms with Crippen molar-refractivity contribution in [2.24, 2.45) is 0 Å². The van der Waals surface area contributed by atoms with E-state index in [1.54, 1.807) is 35.8 Å². The van der Waals surface area contributed by atoms with Crippen LogP contribution in [0.25, 0.3) is 22.6 Å². The monoisotopic (exact) mass is 411 g/mol. The first-order valence-corrected chi connectivity index (χ1v) is 9.67. The topological polar surface area (TPSA) is 68.0 Å². The molecule has 0 radical (unpaired) electrons. The van der Waals surface area contributed by atoms with Gasteiger partial charge in [-0.1, -0.05) is 0 Å². The van der Waals surface area contributed by atoms with Gasteiger partial charge in [0.25, 0.3) is 0 Å². The summed E-state index contributed by atoms with van der Waals surface area (Å²) < 4.78 is 31.6. The van der Waals surface area contributed by atoms with Crippen molar-refractivity contribution in [2.75, 3.05) is 5.32 Å². The molecule has 2 heterocycles. The minimum absolute atomic E-state index is 0.175. The minimum Gasteiger partial charge on any atom is -0.441 e. The molecular formula is C21H15F2N3O2S. The van der Waals surface area contributed by atoms with Crippen LogP contribution in [-0.2, 0) is 11.2 Å². The van der Waals surface area contributed by atoms with Crippen LogP contribution in [0, 0.1) is 11.6 Å². The summed E-state index contributed by atoms with van der Waals surface area (Å²) in [6.45, 7) is 0. The van der Waals surface area contributed by atoms with Crippen molar-refractivity contribution in [3.8, 4) is 22.6 Å². The van der Waals surface area contributed by atoms with E-state index in [-0.39, 0.29) is 24.0 Å². The fourth-order valence-electron chi connectivity index (χ4n) is 2.66. The summed E-state index contributed by atoms with van der Waals surface area (Å²) in [7, 11) is 0. The Bertz CT molecular complexity index is 1120. The number of hydrogen-bond donors (Lipinski definition) is 1. The number of hydrogen-bond acceptors (Lipinski definition) is 5. The molecule has 1 amide bonds. The summed E-state index contributed by atoms with van der Waals surface area (Å²) in [4.78, 5) is 20.7. The Hall–Kier alpha value is -3.39. The van der Waals surface area contributed by atoms with Crippen LogP contribution in [-0.4, -0.2) is 15.9 Å². The molecular weight excluding hydrogens is 396 g/mol. The van der Waals surface area contributed by atoms with E-state index in [1.165, 1.54) is 35.6 Å². The van der Waals surface area contributed by atoms with Crippen LogP contribution < -0.4 is 5.32 Å². The fraction of sp³-hybridized carbons (Fsp3) is 0.0952. The van der Waals surface area contributed by atoms with Gasteiger partial charge in [-0.25, -0.2) is 18.7 Å². The maximum absolute atomic E-state index is 13.0. The molecule has 0 spiro atoms. The zero-order valence-corrected chi connectivity index (χ0v) is 15.9. The molecule has 2 aromatic carbocycles. The van der Waals surface area contributed by atoms with Crippen LogP contribution in [0.15, 0.2) is 64.5 Å². The van der Waals surface area contributed by atoms with Gasteiger partial charge in [0.05, 0.1) is 11.9 Å². The Labute approximate surface area is 169 Å². The molecule has 146 valence electrons. The Kier molecular flexibility index (Phi) is 5.44. The number of thiazole rings is 1. The van der Waals surface area contributed by atoms with E-state index >= 15 is 0 Å². The number of aromatic nitrogens is 2. The molecule has 0 atom stereocenters. The van der Waals surface area contributed by atoms with Gasteiger partial charge in [0.2, 0.25) is 5.91 Å². The molecule has 0 saturated heterocycles. The molecule has 8 heteroatoms. The first-order valence-electron chi connectivity index (χ1n) is 8.79. The number of carbonyl (C=O) groups is 1. The molecule has 0 aliphatic rings. The number of benzene rings is 2. The summed E-state index contributed by atoms with van der Waals surface area (Å²) in [5, 5.41) is 5.01. The molecule has 0 saturated carbocycles. The van der Waals surface area contributed by atoms with E-state index in [4.69, 9.17) is 4.42 Å². The van der Waals surface area contributed by atoms with E-state index in [1.807, 2.05) is 0 Å². The van der Waals surface area contributed by atoms with Crippen molar-refractivity contribution in [3.63, 3.8) is 0 Å². The lowest BCUT2D eigenvalue weighted by molar-refractivity contribution is -0.116. The molecule has 5 nitrogen and oxygen atoms in total. The number of amides is 1. The number of oxazole rings is 1. The highest BCUT2D eigenvalue weighted by molar-refractivity contribution is 7.14. The first kappa shape index (κ1) is 18.9. The molecule has 0 bridgehead atoms. The average molecular weight is 411 g/mol. The highest BCUT2D eigenvalue weighted by Crippen LogP contribution is 2.25. The lowest BCUT2D eigenvalue weighted by atomic mass is 10.2. The second kappa shape index (κ2) is 8.32. The van der Waals surface area contributed by atoms with Crippen LogP contribution in [0.5, 0.6) is 0 Å². The van der Waals surface area contributed by atoms with Crippen LogP contribution in [0.1, 0.15) is 12.3 Å². The smallest absolute Gasteiger partial charge is 0.226 e. The second-order valence-corrected chi connectivity index (χ2v) is 7.08. The quantitative estimate of drug-likeness (QED) is 0.467. The van der Waals surface area contributed by atoms with Gasteiger partial charge in [0, 0.05) is 29.3 Å². The number of halogens is 2. The Morgan fingerprint density at radius 3 is 2.34 bits per heavy atom. The number of aryl methyl sites for hydroxylation is 1. The van der Waals surface area contributed by atoms with Gasteiger partial charge in [0.15, 0.2) is 16.8 Å². The van der Waals surface area contributed by atoms with Gasteiger partial charge < -0.3 is 9.73 Å². The molecule has 0 aliphatic heterocycles. The van der Waals surface area contributed by atoms with E-state index in [0.717, 1.165) is 5.56 Å². The van der Waals surface area contributed by atoms with E-state index in [0.29, 0.717) is 34.5 Å². The second-order valence-electron chi connectivity index (χ2n) is 6.22. The maximum atomic E-state index is 13.0. The molecule has 4 rings (SSSR count). The SMILES string of the molecule is O=C(CCc1ncc(-c2ccc(F)cc2)o1)Nc1nc(-c2ccc(F)cc2)cs1. The van der Waals surface area contributed by atoms with Gasteiger partial charge in [0.1, 0.15) is 11.6 Å². The van der Waals surface area contributed by atoms with Gasteiger partial charge in [-0.15, -0.1) is 11.3 Å². The summed E-state index contributed by atoms with van der Waals surface area (Å²) in [6.07, 6.45) is 2.05. The van der Waals surface area contributed by atoms with Gasteiger partial charge in [-0.05, 0) is 48.5 Å². The van der Waals surface area contributed by atoms with Crippen LogP contribution in [0.3, 0.4) is 0 Å². The van der Waals surface area contributed by atoms with Gasteiger partial charge >= 0.3 is 0 Å². The van der Waals surface area contributed by atoms with Crippen LogP contribution in [0.2, 0.25) is 0 Å². The third-order valence-electron chi connectivity index (χ3n) is 4.14. The lowest BCUT2D eigenvalue weighted by Gasteiger charge is -2.00. The predicted molar refractivity (Wildman–Crippen MR) is 106 cm³/mol. The number of rotatable bonds is 6. The lowest BCUT2D eigenvalue weighted by Crippen LogP contribution is -2.12. The van der Waals surface area contributed by atoms with Gasteiger partial charge in [-0.2, -0.15) is 0 Å². The highest BCUT2D eigenvalue weighted by atomic mass is 32.1. The predicted octanol–water partition coefficient (Wildman–Crippen LogP) is 5.31. The molecule has 0 aliphatic carbocycles. The molecule has 2 aromatic heterocycles. The summed E-state index contributed by atoms with van der Waals surface area (Å²) in [5.41, 5.74) is 2.16. The van der Waals surface area contributed by atoms with Crippen molar-refractivity contribution in [1.82, 2.24) is 9.97 Å². The molecule has 0 fully saturated rings. The number of carbonyl (C=O) groups excluding carboxylic acids is 1. The van der Waals surface area contributed by atoms with Crippen LogP contribution in [0.4, 0.5) is 13.9 Å². The zero-order chi connectivity index (χ0) is 20.2. The molecule has 4 aromatic rings. The van der Waals surface area contributed by atoms with E-state index in [2.05, 4.69) is 15.3 Å². The molecule has 0 unspecified atom stereocenters. The Morgan fingerprint density at radius 1 is 1.00 bits per heavy atom. The molecule has 29 heavy (non-hydrogen) atoms. The van der Waals surface area contributed by atoms with Crippen molar-refractivity contribution in [2.45, 2.75) is 12.8 Å². The number of nitrogens with zero attached hydrogens (tertiary/aromatic N) is 2. The maximum Gasteiger partial charge on any atom is 0.226 e. The third-order valence-corrected chi connectivity index (χ3v) is 4.90. The third kappa shape index (κ3) is 4.72. The summed E-state index contributed by atoms with van der Waals surface area (Å²) in [6, 6.07) is 11.9. The highest BCUT2D eigenvalue weighted by Gasteiger charge is 2.11. The normalized spacial score (nSPS) is 10.8. The van der Waals surface area contributed by atoms with Gasteiger partial charge in [-0.3, -0.25) is 4.79 Å². The number of nitrogens with one attached hydrogen (secondary N) is 1. The van der Waals surface area contributed by atoms with E-state index in [9.17, 15) is 13.6 Å². The fourth-order valence-corrected chi connectivity index (χ4v) is 3.40.